The van der Waals surface area contributed by atoms with Gasteiger partial charge in [0, 0.05) is 6.54 Å². The van der Waals surface area contributed by atoms with E-state index in [-0.39, 0.29) is 24.2 Å². The van der Waals surface area contributed by atoms with Crippen LogP contribution in [0.5, 0.6) is 5.75 Å². The van der Waals surface area contributed by atoms with Crippen molar-refractivity contribution in [2.24, 2.45) is 11.8 Å². The van der Waals surface area contributed by atoms with E-state index in [2.05, 4.69) is 14.6 Å². The Bertz CT molecular complexity index is 561. The quantitative estimate of drug-likeness (QED) is 0.858. The Labute approximate surface area is 114 Å². The Kier molecular flexibility index (Phi) is 3.18. The number of rotatable bonds is 4. The summed E-state index contributed by atoms with van der Waals surface area (Å²) in [7, 11) is 0. The molecule has 3 atom stereocenters. The first kappa shape index (κ1) is 13.1. The molecule has 3 rings (SSSR count). The monoisotopic (exact) mass is 281 g/mol. The molecule has 1 aromatic heterocycles. The Balaban J connectivity index is 1.89. The smallest absolute Gasteiger partial charge is 0.386 e. The third-order valence-electron chi connectivity index (χ3n) is 3.96. The summed E-state index contributed by atoms with van der Waals surface area (Å²) in [5.41, 5.74) is 0.610. The summed E-state index contributed by atoms with van der Waals surface area (Å²) >= 11 is 0. The van der Waals surface area contributed by atoms with Crippen LogP contribution >= 0.6 is 0 Å². The molecule has 20 heavy (non-hydrogen) atoms. The Morgan fingerprint density at radius 3 is 3.05 bits per heavy atom. The van der Waals surface area contributed by atoms with Crippen LogP contribution in [0.4, 0.5) is 20.3 Å². The third kappa shape index (κ3) is 2.16. The third-order valence-corrected chi connectivity index (χ3v) is 3.96. The fourth-order valence-electron chi connectivity index (χ4n) is 2.95. The van der Waals surface area contributed by atoms with Crippen molar-refractivity contribution in [2.75, 3.05) is 18.1 Å². The van der Waals surface area contributed by atoms with E-state index in [0.717, 1.165) is 13.0 Å². The predicted molar refractivity (Wildman–Crippen MR) is 66.9 cm³/mol. The minimum Gasteiger partial charge on any atom is -0.445 e. The van der Waals surface area contributed by atoms with Gasteiger partial charge in [-0.1, -0.05) is 6.57 Å². The SMILES string of the molecule is [C-]#[N+]c1ncc(N2C[C@@H]3C[C@@H]3[C@@H]2CO)cc1OC(F)F. The number of pyridine rings is 1. The minimum atomic E-state index is -2.99. The fraction of sp³-hybridized carbons (Fsp3) is 0.538. The number of aromatic nitrogens is 1. The van der Waals surface area contributed by atoms with Crippen molar-refractivity contribution in [1.29, 1.82) is 0 Å². The molecular weight excluding hydrogens is 268 g/mol. The van der Waals surface area contributed by atoms with Gasteiger partial charge in [0.15, 0.2) is 5.75 Å². The van der Waals surface area contributed by atoms with Crippen molar-refractivity contribution < 1.29 is 18.6 Å². The Morgan fingerprint density at radius 2 is 2.40 bits per heavy atom. The van der Waals surface area contributed by atoms with E-state index in [1.807, 2.05) is 4.90 Å². The lowest BCUT2D eigenvalue weighted by Gasteiger charge is -2.27. The standard InChI is InChI=1S/C13H13F2N3O2/c1-16-12-11(20-13(14)15)3-8(4-17-12)18-5-7-2-9(7)10(18)6-19/h3-4,7,9-10,13,19H,2,5-6H2/t7-,9-,10-/m0/s1. The summed E-state index contributed by atoms with van der Waals surface area (Å²) in [6, 6.07) is 1.40. The number of aliphatic hydroxyl groups is 1. The number of anilines is 1. The molecule has 1 saturated heterocycles. The van der Waals surface area contributed by atoms with E-state index < -0.39 is 6.61 Å². The molecule has 0 amide bonds. The summed E-state index contributed by atoms with van der Waals surface area (Å²) in [6.07, 6.45) is 2.58. The Morgan fingerprint density at radius 1 is 1.60 bits per heavy atom. The van der Waals surface area contributed by atoms with Crippen molar-refractivity contribution in [2.45, 2.75) is 19.1 Å². The van der Waals surface area contributed by atoms with Gasteiger partial charge in [-0.2, -0.15) is 8.78 Å². The molecule has 2 aliphatic rings. The highest BCUT2D eigenvalue weighted by atomic mass is 19.3. The molecule has 1 aliphatic carbocycles. The van der Waals surface area contributed by atoms with Crippen LogP contribution in [0.3, 0.4) is 0 Å². The maximum Gasteiger partial charge on any atom is 0.386 e. The van der Waals surface area contributed by atoms with E-state index in [0.29, 0.717) is 17.5 Å². The van der Waals surface area contributed by atoms with Gasteiger partial charge in [-0.3, -0.25) is 0 Å². The lowest BCUT2D eigenvalue weighted by molar-refractivity contribution is -0.0494. The molecule has 1 saturated carbocycles. The summed E-state index contributed by atoms with van der Waals surface area (Å²) in [6.45, 7) is 4.72. The molecule has 0 radical (unpaired) electrons. The van der Waals surface area contributed by atoms with Gasteiger partial charge in [-0.05, 0) is 24.3 Å². The first-order valence-corrected chi connectivity index (χ1v) is 6.34. The maximum absolute atomic E-state index is 12.4. The van der Waals surface area contributed by atoms with Crippen LogP contribution in [0, 0.1) is 18.4 Å². The zero-order valence-corrected chi connectivity index (χ0v) is 10.5. The van der Waals surface area contributed by atoms with E-state index >= 15 is 0 Å². The average molecular weight is 281 g/mol. The van der Waals surface area contributed by atoms with Crippen LogP contribution < -0.4 is 9.64 Å². The van der Waals surface area contributed by atoms with Crippen LogP contribution in [-0.4, -0.2) is 35.9 Å². The second-order valence-electron chi connectivity index (χ2n) is 5.07. The van der Waals surface area contributed by atoms with Crippen molar-refractivity contribution in [3.63, 3.8) is 0 Å². The molecule has 1 N–H and O–H groups in total. The highest BCUT2D eigenvalue weighted by Gasteiger charge is 2.52. The number of hydrogen-bond donors (Lipinski definition) is 1. The van der Waals surface area contributed by atoms with Crippen molar-refractivity contribution >= 4 is 11.5 Å². The predicted octanol–water partition coefficient (Wildman–Crippen LogP) is 2.05. The second-order valence-corrected chi connectivity index (χ2v) is 5.07. The highest BCUT2D eigenvalue weighted by Crippen LogP contribution is 2.51. The topological polar surface area (TPSA) is 50.0 Å². The first-order valence-electron chi connectivity index (χ1n) is 6.34. The second kappa shape index (κ2) is 4.87. The van der Waals surface area contributed by atoms with Gasteiger partial charge in [0.1, 0.15) is 6.20 Å². The molecule has 0 aromatic carbocycles. The van der Waals surface area contributed by atoms with Crippen LogP contribution in [-0.2, 0) is 0 Å². The number of hydrogen-bond acceptors (Lipinski definition) is 4. The normalized spacial score (nSPS) is 27.4. The first-order chi connectivity index (χ1) is 9.63. The van der Waals surface area contributed by atoms with Gasteiger partial charge >= 0.3 is 12.4 Å². The Hall–Kier alpha value is -1.94. The lowest BCUT2D eigenvalue weighted by atomic mass is 10.2. The average Bonchev–Trinajstić information content (AvgIpc) is 3.09. The van der Waals surface area contributed by atoms with Crippen LogP contribution in [0.1, 0.15) is 6.42 Å². The molecule has 1 aromatic rings. The maximum atomic E-state index is 12.4. The number of fused-ring (bicyclic) bond motifs is 1. The van der Waals surface area contributed by atoms with Crippen LogP contribution in [0.25, 0.3) is 4.85 Å². The summed E-state index contributed by atoms with van der Waals surface area (Å²) in [4.78, 5) is 8.89. The number of halogens is 2. The van der Waals surface area contributed by atoms with Crippen molar-refractivity contribution in [3.8, 4) is 5.75 Å². The number of ether oxygens (including phenoxy) is 1. The molecule has 0 unspecified atom stereocenters. The van der Waals surface area contributed by atoms with Gasteiger partial charge < -0.3 is 19.6 Å². The molecule has 5 nitrogen and oxygen atoms in total. The van der Waals surface area contributed by atoms with E-state index in [1.165, 1.54) is 12.3 Å². The zero-order valence-electron chi connectivity index (χ0n) is 10.5. The molecule has 7 heteroatoms. The lowest BCUT2D eigenvalue weighted by Crippen LogP contribution is -2.35. The van der Waals surface area contributed by atoms with E-state index in [4.69, 9.17) is 6.57 Å². The molecule has 1 aliphatic heterocycles. The minimum absolute atomic E-state index is 0.00000898. The van der Waals surface area contributed by atoms with E-state index in [1.54, 1.807) is 0 Å². The van der Waals surface area contributed by atoms with Crippen molar-refractivity contribution in [1.82, 2.24) is 4.98 Å². The zero-order chi connectivity index (χ0) is 14.3. The summed E-state index contributed by atoms with van der Waals surface area (Å²) in [5, 5.41) is 9.45. The molecule has 2 fully saturated rings. The van der Waals surface area contributed by atoms with Gasteiger partial charge in [-0.25, -0.2) is 0 Å². The number of piperidine rings is 1. The molecule has 0 spiro atoms. The van der Waals surface area contributed by atoms with Gasteiger partial charge in [-0.15, -0.1) is 4.98 Å². The largest absolute Gasteiger partial charge is 0.445 e. The van der Waals surface area contributed by atoms with Crippen LogP contribution in [0.15, 0.2) is 12.3 Å². The highest BCUT2D eigenvalue weighted by molar-refractivity contribution is 5.61. The summed E-state index contributed by atoms with van der Waals surface area (Å²) < 4.78 is 29.0. The number of nitrogens with zero attached hydrogens (tertiary/aromatic N) is 3. The summed E-state index contributed by atoms with van der Waals surface area (Å²) in [5.74, 6) is 0.635. The molecule has 2 heterocycles. The molecule has 0 bridgehead atoms. The fourth-order valence-corrected chi connectivity index (χ4v) is 2.95. The van der Waals surface area contributed by atoms with Gasteiger partial charge in [0.2, 0.25) is 0 Å². The van der Waals surface area contributed by atoms with Gasteiger partial charge in [0.25, 0.3) is 0 Å². The number of aliphatic hydroxyl groups excluding tert-OH is 1. The van der Waals surface area contributed by atoms with Gasteiger partial charge in [0.05, 0.1) is 18.3 Å². The molecule has 106 valence electrons. The van der Waals surface area contributed by atoms with Crippen LogP contribution in [0.2, 0.25) is 0 Å². The number of alkyl halides is 2. The van der Waals surface area contributed by atoms with E-state index in [9.17, 15) is 13.9 Å². The molecular formula is C13H13F2N3O2. The van der Waals surface area contributed by atoms with Crippen molar-refractivity contribution in [3.05, 3.63) is 23.7 Å².